The Morgan fingerprint density at radius 2 is 2.44 bits per heavy atom. The number of alkyl halides is 1. The van der Waals surface area contributed by atoms with Gasteiger partial charge in [-0.3, -0.25) is 4.98 Å². The summed E-state index contributed by atoms with van der Waals surface area (Å²) in [6.45, 7) is 7.86. The SMILES string of the molecule is C=C(C#N)c1cnc(C)c(SCC(C)I)c1. The number of pyridine rings is 1. The highest BCUT2D eigenvalue weighted by atomic mass is 127. The minimum atomic E-state index is 0.469. The molecule has 16 heavy (non-hydrogen) atoms. The van der Waals surface area contributed by atoms with Gasteiger partial charge in [-0.05, 0) is 13.0 Å². The molecule has 2 nitrogen and oxygen atoms in total. The smallest absolute Gasteiger partial charge is 0.0992 e. The summed E-state index contributed by atoms with van der Waals surface area (Å²) >= 11 is 4.18. The fraction of sp³-hybridized carbons (Fsp3) is 0.333. The van der Waals surface area contributed by atoms with E-state index in [0.29, 0.717) is 9.50 Å². The van der Waals surface area contributed by atoms with E-state index >= 15 is 0 Å². The highest BCUT2D eigenvalue weighted by Crippen LogP contribution is 2.26. The van der Waals surface area contributed by atoms with Gasteiger partial charge in [0.2, 0.25) is 0 Å². The third kappa shape index (κ3) is 3.80. The lowest BCUT2D eigenvalue weighted by Crippen LogP contribution is -1.96. The second kappa shape index (κ2) is 6.26. The second-order valence-electron chi connectivity index (χ2n) is 3.49. The quantitative estimate of drug-likeness (QED) is 0.360. The van der Waals surface area contributed by atoms with Crippen molar-refractivity contribution in [3.63, 3.8) is 0 Å². The van der Waals surface area contributed by atoms with E-state index in [1.54, 1.807) is 18.0 Å². The molecule has 0 N–H and O–H groups in total. The normalized spacial score (nSPS) is 11.9. The molecule has 0 saturated heterocycles. The summed E-state index contributed by atoms with van der Waals surface area (Å²) in [4.78, 5) is 5.43. The Kier molecular flexibility index (Phi) is 5.29. The summed E-state index contributed by atoms with van der Waals surface area (Å²) in [6.07, 6.45) is 1.71. The minimum absolute atomic E-state index is 0.469. The van der Waals surface area contributed by atoms with Crippen molar-refractivity contribution < 1.29 is 0 Å². The Morgan fingerprint density at radius 3 is 3.00 bits per heavy atom. The van der Waals surface area contributed by atoms with E-state index in [-0.39, 0.29) is 0 Å². The Bertz CT molecular complexity index is 435. The van der Waals surface area contributed by atoms with Gasteiger partial charge in [0.05, 0.1) is 17.3 Å². The Morgan fingerprint density at radius 1 is 1.75 bits per heavy atom. The number of rotatable bonds is 4. The van der Waals surface area contributed by atoms with Crippen LogP contribution in [0.5, 0.6) is 0 Å². The Hall–Kier alpha value is -0.540. The lowest BCUT2D eigenvalue weighted by atomic mass is 10.1. The van der Waals surface area contributed by atoms with Crippen LogP contribution in [0.3, 0.4) is 0 Å². The number of halogens is 1. The molecule has 0 amide bonds. The van der Waals surface area contributed by atoms with Crippen molar-refractivity contribution in [2.24, 2.45) is 0 Å². The Balaban J connectivity index is 2.91. The maximum Gasteiger partial charge on any atom is 0.0992 e. The number of nitriles is 1. The molecule has 0 aliphatic heterocycles. The Labute approximate surface area is 114 Å². The average molecular weight is 344 g/mol. The number of thioether (sulfide) groups is 1. The van der Waals surface area contributed by atoms with Crippen LogP contribution in [0.15, 0.2) is 23.7 Å². The summed E-state index contributed by atoms with van der Waals surface area (Å²) in [5, 5.41) is 8.78. The molecule has 0 bridgehead atoms. The predicted octanol–water partition coefficient (Wildman–Crippen LogP) is 3.84. The first-order valence-electron chi connectivity index (χ1n) is 4.87. The maximum atomic E-state index is 8.78. The zero-order chi connectivity index (χ0) is 12.1. The van der Waals surface area contributed by atoms with E-state index in [1.165, 1.54) is 0 Å². The van der Waals surface area contributed by atoms with Crippen LogP contribution in [-0.2, 0) is 0 Å². The van der Waals surface area contributed by atoms with Crippen molar-refractivity contribution in [2.45, 2.75) is 22.7 Å². The molecule has 4 heteroatoms. The summed E-state index contributed by atoms with van der Waals surface area (Å²) < 4.78 is 0.616. The summed E-state index contributed by atoms with van der Waals surface area (Å²) in [7, 11) is 0. The molecule has 0 aromatic carbocycles. The highest BCUT2D eigenvalue weighted by molar-refractivity contribution is 14.1. The third-order valence-corrected chi connectivity index (χ3v) is 4.42. The fourth-order valence-electron chi connectivity index (χ4n) is 1.09. The molecule has 0 aliphatic carbocycles. The fourth-order valence-corrected chi connectivity index (χ4v) is 2.51. The molecule has 0 spiro atoms. The van der Waals surface area contributed by atoms with E-state index in [9.17, 15) is 0 Å². The van der Waals surface area contributed by atoms with Gasteiger partial charge in [-0.1, -0.05) is 36.1 Å². The molecule has 84 valence electrons. The van der Waals surface area contributed by atoms with Gasteiger partial charge in [-0.25, -0.2) is 0 Å². The molecule has 1 rings (SSSR count). The average Bonchev–Trinajstić information content (AvgIpc) is 2.26. The van der Waals surface area contributed by atoms with Crippen LogP contribution in [0.25, 0.3) is 5.57 Å². The lowest BCUT2D eigenvalue weighted by Gasteiger charge is -2.07. The van der Waals surface area contributed by atoms with Gasteiger partial charge in [0.15, 0.2) is 0 Å². The van der Waals surface area contributed by atoms with Gasteiger partial charge in [0, 0.05) is 26.3 Å². The lowest BCUT2D eigenvalue weighted by molar-refractivity contribution is 1.10. The first kappa shape index (κ1) is 13.5. The van der Waals surface area contributed by atoms with Gasteiger partial charge in [-0.15, -0.1) is 11.8 Å². The van der Waals surface area contributed by atoms with Crippen molar-refractivity contribution in [1.29, 1.82) is 5.26 Å². The molecule has 0 fully saturated rings. The molecule has 0 saturated carbocycles. The van der Waals surface area contributed by atoms with Crippen molar-refractivity contribution in [2.75, 3.05) is 5.75 Å². The first-order valence-corrected chi connectivity index (χ1v) is 7.10. The van der Waals surface area contributed by atoms with E-state index in [1.807, 2.05) is 19.1 Å². The molecule has 0 radical (unpaired) electrons. The maximum absolute atomic E-state index is 8.78. The third-order valence-electron chi connectivity index (χ3n) is 1.99. The van der Waals surface area contributed by atoms with Crippen LogP contribution in [0.4, 0.5) is 0 Å². The first-order chi connectivity index (χ1) is 7.54. The van der Waals surface area contributed by atoms with Gasteiger partial charge >= 0.3 is 0 Å². The van der Waals surface area contributed by atoms with Crippen molar-refractivity contribution in [1.82, 2.24) is 4.98 Å². The van der Waals surface area contributed by atoms with Crippen molar-refractivity contribution in [3.8, 4) is 6.07 Å². The van der Waals surface area contributed by atoms with Gasteiger partial charge in [-0.2, -0.15) is 5.26 Å². The highest BCUT2D eigenvalue weighted by Gasteiger charge is 2.06. The molecule has 1 unspecified atom stereocenters. The summed E-state index contributed by atoms with van der Waals surface area (Å²) in [6, 6.07) is 4.05. The second-order valence-corrected chi connectivity index (χ2v) is 6.68. The molecule has 1 aromatic heterocycles. The van der Waals surface area contributed by atoms with E-state index in [0.717, 1.165) is 21.9 Å². The van der Waals surface area contributed by atoms with Crippen LogP contribution in [-0.4, -0.2) is 14.7 Å². The largest absolute Gasteiger partial charge is 0.260 e. The van der Waals surface area contributed by atoms with Crippen LogP contribution >= 0.6 is 34.4 Å². The molecule has 0 aliphatic rings. The zero-order valence-corrected chi connectivity index (χ0v) is 12.3. The van der Waals surface area contributed by atoms with Crippen LogP contribution in [0.2, 0.25) is 0 Å². The standard InChI is InChI=1S/C12H13IN2S/c1-8(5-14)11-4-12(10(3)15-6-11)16-7-9(2)13/h4,6,9H,1,7H2,2-3H3. The number of aryl methyl sites for hydroxylation is 1. The van der Waals surface area contributed by atoms with Crippen molar-refractivity contribution >= 4 is 39.9 Å². The monoisotopic (exact) mass is 344 g/mol. The number of nitrogens with zero attached hydrogens (tertiary/aromatic N) is 2. The van der Waals surface area contributed by atoms with Gasteiger partial charge in [0.1, 0.15) is 0 Å². The van der Waals surface area contributed by atoms with Crippen LogP contribution in [0, 0.1) is 18.3 Å². The zero-order valence-electron chi connectivity index (χ0n) is 9.33. The van der Waals surface area contributed by atoms with Crippen LogP contribution in [0.1, 0.15) is 18.2 Å². The predicted molar refractivity (Wildman–Crippen MR) is 77.8 cm³/mol. The molecule has 1 atom stereocenters. The van der Waals surface area contributed by atoms with Crippen molar-refractivity contribution in [3.05, 3.63) is 30.1 Å². The van der Waals surface area contributed by atoms with E-state index in [2.05, 4.69) is 41.1 Å². The van der Waals surface area contributed by atoms with Gasteiger partial charge < -0.3 is 0 Å². The van der Waals surface area contributed by atoms with Crippen LogP contribution < -0.4 is 0 Å². The number of aromatic nitrogens is 1. The van der Waals surface area contributed by atoms with E-state index < -0.39 is 0 Å². The summed E-state index contributed by atoms with van der Waals surface area (Å²) in [5.74, 6) is 1.05. The number of hydrogen-bond acceptors (Lipinski definition) is 3. The molecule has 1 aromatic rings. The molecule has 1 heterocycles. The summed E-state index contributed by atoms with van der Waals surface area (Å²) in [5.41, 5.74) is 2.30. The molecular formula is C12H13IN2S. The number of allylic oxidation sites excluding steroid dienone is 1. The van der Waals surface area contributed by atoms with Gasteiger partial charge in [0.25, 0.3) is 0 Å². The van der Waals surface area contributed by atoms with E-state index in [4.69, 9.17) is 5.26 Å². The molecular weight excluding hydrogens is 331 g/mol. The number of hydrogen-bond donors (Lipinski definition) is 0. The topological polar surface area (TPSA) is 36.7 Å². The minimum Gasteiger partial charge on any atom is -0.260 e.